The zero-order valence-corrected chi connectivity index (χ0v) is 25.3. The number of nitrogens with zero attached hydrogens (tertiary/aromatic N) is 4. The van der Waals surface area contributed by atoms with E-state index in [0.29, 0.717) is 36.0 Å². The summed E-state index contributed by atoms with van der Waals surface area (Å²) in [7, 11) is -4.23. The van der Waals surface area contributed by atoms with Crippen LogP contribution in [0, 0.1) is 0 Å². The van der Waals surface area contributed by atoms with Crippen LogP contribution in [0.1, 0.15) is 129 Å². The lowest BCUT2D eigenvalue weighted by molar-refractivity contribution is 0.0416. The minimum absolute atomic E-state index is 0.241. The van der Waals surface area contributed by atoms with Gasteiger partial charge in [0.05, 0.1) is 19.0 Å². The fourth-order valence-corrected chi connectivity index (χ4v) is 5.21. The van der Waals surface area contributed by atoms with Crippen LogP contribution >= 0.6 is 7.60 Å². The van der Waals surface area contributed by atoms with E-state index < -0.39 is 20.0 Å². The molecule has 2 aromatic rings. The van der Waals surface area contributed by atoms with Gasteiger partial charge in [0.25, 0.3) is 0 Å². The number of anilines is 1. The summed E-state index contributed by atoms with van der Waals surface area (Å²) in [6, 6.07) is 0. The van der Waals surface area contributed by atoms with Crippen LogP contribution in [0.15, 0.2) is 6.33 Å². The van der Waals surface area contributed by atoms with Gasteiger partial charge in [-0.1, -0.05) is 97.3 Å². The number of unbranched alkanes of at least 4 members (excludes halogenated alkanes) is 13. The van der Waals surface area contributed by atoms with Crippen molar-refractivity contribution >= 4 is 24.6 Å². The van der Waals surface area contributed by atoms with E-state index in [0.717, 1.165) is 12.8 Å². The molecule has 0 aliphatic rings. The van der Waals surface area contributed by atoms with E-state index >= 15 is 0 Å². The molecule has 0 aliphatic heterocycles. The normalized spacial score (nSPS) is 13.8. The van der Waals surface area contributed by atoms with Crippen molar-refractivity contribution in [1.82, 2.24) is 19.5 Å². The van der Waals surface area contributed by atoms with Crippen LogP contribution in [-0.4, -0.2) is 48.4 Å². The van der Waals surface area contributed by atoms with Gasteiger partial charge in [-0.3, -0.25) is 4.57 Å². The predicted molar refractivity (Wildman–Crippen MR) is 156 cm³/mol. The molecule has 2 aromatic heterocycles. The van der Waals surface area contributed by atoms with Crippen molar-refractivity contribution in [1.29, 1.82) is 0 Å². The van der Waals surface area contributed by atoms with Crippen molar-refractivity contribution in [2.75, 3.05) is 18.7 Å². The van der Waals surface area contributed by atoms with Gasteiger partial charge in [0.1, 0.15) is 18.0 Å². The molecule has 2 heterocycles. The van der Waals surface area contributed by atoms with Gasteiger partial charge in [0.2, 0.25) is 0 Å². The molecule has 0 aromatic carbocycles. The molecule has 0 amide bonds. The second-order valence-corrected chi connectivity index (χ2v) is 12.3. The third-order valence-electron chi connectivity index (χ3n) is 6.97. The maximum absolute atomic E-state index is 11.1. The van der Waals surface area contributed by atoms with Crippen LogP contribution in [0.5, 0.6) is 0 Å². The summed E-state index contributed by atoms with van der Waals surface area (Å²) in [5.41, 5.74) is 7.31. The van der Waals surface area contributed by atoms with Crippen LogP contribution in [0.3, 0.4) is 0 Å². The van der Waals surface area contributed by atoms with Crippen molar-refractivity contribution in [3.05, 3.63) is 12.2 Å². The van der Waals surface area contributed by atoms with Crippen LogP contribution in [0.4, 0.5) is 5.82 Å². The molecule has 39 heavy (non-hydrogen) atoms. The highest BCUT2D eigenvalue weighted by atomic mass is 31.2. The Morgan fingerprint density at radius 1 is 0.897 bits per heavy atom. The van der Waals surface area contributed by atoms with Crippen LogP contribution in [0.2, 0.25) is 0 Å². The largest absolute Gasteiger partial charge is 0.382 e. The number of hydrogen-bond donors (Lipinski definition) is 3. The molecular weight excluding hydrogens is 517 g/mol. The molecule has 0 aliphatic carbocycles. The number of aromatic nitrogens is 4. The maximum atomic E-state index is 11.1. The Balaban J connectivity index is 1.67. The van der Waals surface area contributed by atoms with Crippen molar-refractivity contribution in [2.45, 2.75) is 136 Å². The van der Waals surface area contributed by atoms with E-state index in [1.54, 1.807) is 17.8 Å². The zero-order valence-electron chi connectivity index (χ0n) is 24.4. The third kappa shape index (κ3) is 13.6. The average Bonchev–Trinajstić information content (AvgIpc) is 3.30. The maximum Gasteiger partial charge on any atom is 0.350 e. The number of hydrogen-bond acceptors (Lipinski definition) is 7. The fraction of sp³-hybridized carbons (Fsp3) is 0.821. The average molecular weight is 570 g/mol. The Bertz CT molecular complexity index is 983. The van der Waals surface area contributed by atoms with Crippen LogP contribution in [0.25, 0.3) is 11.2 Å². The van der Waals surface area contributed by atoms with Gasteiger partial charge >= 0.3 is 7.60 Å². The van der Waals surface area contributed by atoms with Crippen LogP contribution < -0.4 is 5.73 Å². The number of rotatable bonds is 23. The number of imidazole rings is 1. The molecule has 2 unspecified atom stereocenters. The van der Waals surface area contributed by atoms with Crippen LogP contribution in [-0.2, 0) is 20.6 Å². The van der Waals surface area contributed by atoms with Gasteiger partial charge in [-0.15, -0.1) is 0 Å². The third-order valence-corrected chi connectivity index (χ3v) is 7.46. The fourth-order valence-electron chi connectivity index (χ4n) is 4.76. The van der Waals surface area contributed by atoms with E-state index in [9.17, 15) is 4.57 Å². The summed E-state index contributed by atoms with van der Waals surface area (Å²) >= 11 is 0. The summed E-state index contributed by atoms with van der Waals surface area (Å²) in [5, 5.41) is 0. The molecule has 0 fully saturated rings. The molecule has 0 bridgehead atoms. The van der Waals surface area contributed by atoms with E-state index in [1.807, 2.05) is 6.92 Å². The summed E-state index contributed by atoms with van der Waals surface area (Å²) < 4.78 is 24.2. The molecule has 10 nitrogen and oxygen atoms in total. The van der Waals surface area contributed by atoms with Gasteiger partial charge in [-0.05, 0) is 19.8 Å². The standard InChI is InChI=1S/C28H52N5O5P/c1-4-6-7-8-9-10-11-12-13-14-15-16-17-18-19-37-24(5-2)27-31-26(29)25-28(32-27)30-21-33(25)20-23(3)38-22-39(34,35)36/h21,23-24H,4-20,22H2,1-3H3,(H2,29,31,32)(H2,34,35,36). The first-order chi connectivity index (χ1) is 18.7. The molecule has 0 radical (unpaired) electrons. The first-order valence-corrected chi connectivity index (χ1v) is 16.8. The lowest BCUT2D eigenvalue weighted by Gasteiger charge is -2.17. The first-order valence-electron chi connectivity index (χ1n) is 15.0. The van der Waals surface area contributed by atoms with Gasteiger partial charge in [0, 0.05) is 6.61 Å². The summed E-state index contributed by atoms with van der Waals surface area (Å²) in [6.07, 6.45) is 19.5. The number of nitrogen functional groups attached to an aromatic ring is 1. The van der Waals surface area contributed by atoms with Crippen molar-refractivity contribution in [2.24, 2.45) is 0 Å². The highest BCUT2D eigenvalue weighted by Gasteiger charge is 2.20. The Kier molecular flexibility index (Phi) is 16.1. The van der Waals surface area contributed by atoms with Crippen molar-refractivity contribution < 1.29 is 23.8 Å². The summed E-state index contributed by atoms with van der Waals surface area (Å²) in [5.74, 6) is 0.831. The van der Waals surface area contributed by atoms with E-state index in [-0.39, 0.29) is 6.10 Å². The Labute approximate surface area is 234 Å². The molecule has 0 spiro atoms. The molecule has 4 N–H and O–H groups in total. The molecule has 224 valence electrons. The van der Waals surface area contributed by atoms with E-state index in [1.165, 1.54) is 83.5 Å². The Morgan fingerprint density at radius 2 is 1.46 bits per heavy atom. The second kappa shape index (κ2) is 18.7. The molecule has 11 heteroatoms. The van der Waals surface area contributed by atoms with Gasteiger partial charge in [-0.25, -0.2) is 15.0 Å². The number of nitrogens with two attached hydrogens (primary N) is 1. The van der Waals surface area contributed by atoms with Crippen molar-refractivity contribution in [3.8, 4) is 0 Å². The monoisotopic (exact) mass is 569 g/mol. The molecule has 2 rings (SSSR count). The minimum atomic E-state index is -4.23. The number of ether oxygens (including phenoxy) is 2. The highest BCUT2D eigenvalue weighted by molar-refractivity contribution is 7.51. The molecule has 0 saturated carbocycles. The topological polar surface area (TPSA) is 146 Å². The smallest absolute Gasteiger partial charge is 0.350 e. The highest BCUT2D eigenvalue weighted by Crippen LogP contribution is 2.34. The second-order valence-electron chi connectivity index (χ2n) is 10.7. The minimum Gasteiger partial charge on any atom is -0.382 e. The molecule has 2 atom stereocenters. The summed E-state index contributed by atoms with van der Waals surface area (Å²) in [6.45, 7) is 7.02. The Morgan fingerprint density at radius 3 is 2.00 bits per heavy atom. The van der Waals surface area contributed by atoms with Gasteiger partial charge in [0.15, 0.2) is 17.3 Å². The SMILES string of the molecule is CCCCCCCCCCCCCCCCOC(CC)c1nc(N)c2c(ncn2CC(C)OCP(=O)(O)O)n1. The van der Waals surface area contributed by atoms with E-state index in [4.69, 9.17) is 25.0 Å². The van der Waals surface area contributed by atoms with Gasteiger partial charge < -0.3 is 29.6 Å². The predicted octanol–water partition coefficient (Wildman–Crippen LogP) is 6.90. The van der Waals surface area contributed by atoms with Gasteiger partial charge in [-0.2, -0.15) is 0 Å². The summed E-state index contributed by atoms with van der Waals surface area (Å²) in [4.78, 5) is 31.5. The number of fused-ring (bicyclic) bond motifs is 1. The lowest BCUT2D eigenvalue weighted by atomic mass is 10.0. The quantitative estimate of drug-likeness (QED) is 0.0960. The molecule has 0 saturated heterocycles. The van der Waals surface area contributed by atoms with E-state index in [2.05, 4.69) is 21.9 Å². The Hall–Kier alpha value is -1.58. The first kappa shape index (κ1) is 33.6. The van der Waals surface area contributed by atoms with Crippen molar-refractivity contribution in [3.63, 3.8) is 0 Å². The zero-order chi connectivity index (χ0) is 28.5. The molecular formula is C28H52N5O5P. The lowest BCUT2D eigenvalue weighted by Crippen LogP contribution is -2.18.